The standard InChI is InChI=1S/C20H23FN2O3S/c21-20(16-4-2-1-3-5-16)14-23-12-10-19(11-13-23)27(25,26)18-8-6-17(7-9-18)22-15-24/h1-9,15,19-20H,10-14H2,(H,22,24). The van der Waals surface area contributed by atoms with Crippen LogP contribution in [0.3, 0.4) is 0 Å². The van der Waals surface area contributed by atoms with Crippen molar-refractivity contribution in [2.45, 2.75) is 29.2 Å². The van der Waals surface area contributed by atoms with Crippen LogP contribution in [0.5, 0.6) is 0 Å². The molecule has 1 aliphatic rings. The first-order chi connectivity index (χ1) is 13.0. The van der Waals surface area contributed by atoms with E-state index in [1.165, 1.54) is 12.1 Å². The van der Waals surface area contributed by atoms with Crippen molar-refractivity contribution in [3.8, 4) is 0 Å². The number of amides is 1. The van der Waals surface area contributed by atoms with E-state index >= 15 is 0 Å². The second kappa shape index (κ2) is 8.63. The Labute approximate surface area is 159 Å². The molecule has 1 unspecified atom stereocenters. The second-order valence-corrected chi connectivity index (χ2v) is 8.94. The second-order valence-electron chi connectivity index (χ2n) is 6.71. The highest BCUT2D eigenvalue weighted by atomic mass is 32.2. The quantitative estimate of drug-likeness (QED) is 0.738. The summed E-state index contributed by atoms with van der Waals surface area (Å²) in [6.07, 6.45) is 0.445. The van der Waals surface area contributed by atoms with E-state index in [1.54, 1.807) is 24.3 Å². The third-order valence-electron chi connectivity index (χ3n) is 4.96. The number of carbonyl (C=O) groups excluding carboxylic acids is 1. The van der Waals surface area contributed by atoms with Crippen molar-refractivity contribution < 1.29 is 17.6 Å². The van der Waals surface area contributed by atoms with Crippen LogP contribution in [0.4, 0.5) is 10.1 Å². The van der Waals surface area contributed by atoms with Gasteiger partial charge < -0.3 is 10.2 Å². The first-order valence-corrected chi connectivity index (χ1v) is 10.5. The van der Waals surface area contributed by atoms with E-state index < -0.39 is 21.3 Å². The fourth-order valence-electron chi connectivity index (χ4n) is 3.40. The van der Waals surface area contributed by atoms with Gasteiger partial charge in [0, 0.05) is 12.2 Å². The maximum absolute atomic E-state index is 14.4. The van der Waals surface area contributed by atoms with E-state index in [1.807, 2.05) is 23.1 Å². The number of alkyl halides is 1. The topological polar surface area (TPSA) is 66.5 Å². The Morgan fingerprint density at radius 1 is 1.07 bits per heavy atom. The summed E-state index contributed by atoms with van der Waals surface area (Å²) in [6.45, 7) is 1.40. The van der Waals surface area contributed by atoms with Crippen molar-refractivity contribution in [3.05, 3.63) is 60.2 Å². The van der Waals surface area contributed by atoms with Crippen LogP contribution in [-0.4, -0.2) is 44.6 Å². The molecular formula is C20H23FN2O3S. The van der Waals surface area contributed by atoms with Crippen LogP contribution in [0.25, 0.3) is 0 Å². The van der Waals surface area contributed by atoms with Crippen molar-refractivity contribution in [3.63, 3.8) is 0 Å². The number of anilines is 1. The largest absolute Gasteiger partial charge is 0.329 e. The molecule has 27 heavy (non-hydrogen) atoms. The van der Waals surface area contributed by atoms with Gasteiger partial charge in [0.1, 0.15) is 6.17 Å². The molecule has 0 aliphatic carbocycles. The van der Waals surface area contributed by atoms with E-state index in [0.29, 0.717) is 43.6 Å². The van der Waals surface area contributed by atoms with Gasteiger partial charge in [-0.2, -0.15) is 0 Å². The van der Waals surface area contributed by atoms with Gasteiger partial charge in [-0.3, -0.25) is 4.79 Å². The molecule has 0 spiro atoms. The Balaban J connectivity index is 1.58. The molecule has 1 N–H and O–H groups in total. The number of hydrogen-bond donors (Lipinski definition) is 1. The summed E-state index contributed by atoms with van der Waals surface area (Å²) >= 11 is 0. The minimum atomic E-state index is -3.43. The van der Waals surface area contributed by atoms with Gasteiger partial charge in [-0.15, -0.1) is 0 Å². The SMILES string of the molecule is O=CNc1ccc(S(=O)(=O)C2CCN(CC(F)c3ccccc3)CC2)cc1. The lowest BCUT2D eigenvalue weighted by atomic mass is 10.1. The third-order valence-corrected chi connectivity index (χ3v) is 7.24. The first-order valence-electron chi connectivity index (χ1n) is 8.96. The number of benzene rings is 2. The molecule has 1 aliphatic heterocycles. The predicted molar refractivity (Wildman–Crippen MR) is 103 cm³/mol. The maximum Gasteiger partial charge on any atom is 0.211 e. The van der Waals surface area contributed by atoms with E-state index in [2.05, 4.69) is 5.32 Å². The molecule has 2 aromatic carbocycles. The highest BCUT2D eigenvalue weighted by molar-refractivity contribution is 7.92. The first kappa shape index (κ1) is 19.5. The van der Waals surface area contributed by atoms with Crippen LogP contribution in [0.2, 0.25) is 0 Å². The molecule has 1 heterocycles. The summed E-state index contributed by atoms with van der Waals surface area (Å²) < 4.78 is 40.1. The summed E-state index contributed by atoms with van der Waals surface area (Å²) in [5.41, 5.74) is 1.20. The van der Waals surface area contributed by atoms with Gasteiger partial charge in [-0.25, -0.2) is 12.8 Å². The Morgan fingerprint density at radius 2 is 1.70 bits per heavy atom. The molecule has 2 aromatic rings. The number of rotatable bonds is 7. The molecule has 1 fully saturated rings. The Hall–Kier alpha value is -2.25. The average molecular weight is 390 g/mol. The lowest BCUT2D eigenvalue weighted by molar-refractivity contribution is -0.105. The summed E-state index contributed by atoms with van der Waals surface area (Å²) in [4.78, 5) is 12.7. The Bertz CT molecular complexity index is 849. The minimum absolute atomic E-state index is 0.255. The lowest BCUT2D eigenvalue weighted by Gasteiger charge is -2.32. The van der Waals surface area contributed by atoms with Crippen LogP contribution in [-0.2, 0) is 14.6 Å². The van der Waals surface area contributed by atoms with Crippen molar-refractivity contribution in [2.24, 2.45) is 0 Å². The van der Waals surface area contributed by atoms with E-state index in [4.69, 9.17) is 0 Å². The Morgan fingerprint density at radius 3 is 2.30 bits per heavy atom. The van der Waals surface area contributed by atoms with Crippen LogP contribution in [0, 0.1) is 0 Å². The van der Waals surface area contributed by atoms with Gasteiger partial charge in [0.05, 0.1) is 10.1 Å². The molecule has 7 heteroatoms. The van der Waals surface area contributed by atoms with Crippen molar-refractivity contribution in [1.82, 2.24) is 4.90 Å². The smallest absolute Gasteiger partial charge is 0.211 e. The van der Waals surface area contributed by atoms with Crippen molar-refractivity contribution in [1.29, 1.82) is 0 Å². The zero-order valence-corrected chi connectivity index (χ0v) is 15.7. The maximum atomic E-state index is 14.4. The minimum Gasteiger partial charge on any atom is -0.329 e. The van der Waals surface area contributed by atoms with E-state index in [9.17, 15) is 17.6 Å². The number of carbonyl (C=O) groups is 1. The summed E-state index contributed by atoms with van der Waals surface area (Å²) in [5, 5.41) is 2.02. The number of halogens is 1. The fourth-order valence-corrected chi connectivity index (χ4v) is 5.13. The molecule has 1 saturated heterocycles. The summed E-state index contributed by atoms with van der Waals surface area (Å²) in [5.74, 6) is 0. The summed E-state index contributed by atoms with van der Waals surface area (Å²) in [7, 11) is -3.43. The van der Waals surface area contributed by atoms with E-state index in [0.717, 1.165) is 0 Å². The summed E-state index contributed by atoms with van der Waals surface area (Å²) in [6, 6.07) is 15.2. The number of piperidine rings is 1. The number of likely N-dealkylation sites (tertiary alicyclic amines) is 1. The van der Waals surface area contributed by atoms with Gasteiger partial charge in [-0.1, -0.05) is 30.3 Å². The number of nitrogens with zero attached hydrogens (tertiary/aromatic N) is 1. The molecule has 0 saturated carbocycles. The van der Waals surface area contributed by atoms with Gasteiger partial charge in [0.25, 0.3) is 0 Å². The number of sulfone groups is 1. The molecule has 144 valence electrons. The third kappa shape index (κ3) is 4.73. The molecule has 5 nitrogen and oxygen atoms in total. The molecule has 0 radical (unpaired) electrons. The van der Waals surface area contributed by atoms with Crippen LogP contribution < -0.4 is 5.32 Å². The highest BCUT2D eigenvalue weighted by Gasteiger charge is 2.32. The lowest BCUT2D eigenvalue weighted by Crippen LogP contribution is -2.40. The van der Waals surface area contributed by atoms with Crippen molar-refractivity contribution >= 4 is 21.9 Å². The van der Waals surface area contributed by atoms with Crippen molar-refractivity contribution in [2.75, 3.05) is 25.0 Å². The molecule has 1 atom stereocenters. The van der Waals surface area contributed by atoms with E-state index in [-0.39, 0.29) is 11.4 Å². The fraction of sp³-hybridized carbons (Fsp3) is 0.350. The van der Waals surface area contributed by atoms with Crippen LogP contribution in [0.15, 0.2) is 59.5 Å². The van der Waals surface area contributed by atoms with Gasteiger partial charge in [0.15, 0.2) is 9.84 Å². The monoisotopic (exact) mass is 390 g/mol. The van der Waals surface area contributed by atoms with Crippen LogP contribution in [0.1, 0.15) is 24.6 Å². The predicted octanol–water partition coefficient (Wildman–Crippen LogP) is 3.20. The van der Waals surface area contributed by atoms with Crippen LogP contribution >= 0.6 is 0 Å². The highest BCUT2D eigenvalue weighted by Crippen LogP contribution is 2.27. The molecule has 0 bridgehead atoms. The molecule has 3 rings (SSSR count). The zero-order valence-electron chi connectivity index (χ0n) is 14.9. The number of nitrogens with one attached hydrogen (secondary N) is 1. The van der Waals surface area contributed by atoms with Gasteiger partial charge in [-0.05, 0) is 55.8 Å². The normalized spacial score (nSPS) is 17.4. The molecular weight excluding hydrogens is 367 g/mol. The van der Waals surface area contributed by atoms with Gasteiger partial charge >= 0.3 is 0 Å². The molecule has 0 aromatic heterocycles. The number of hydrogen-bond acceptors (Lipinski definition) is 4. The Kier molecular flexibility index (Phi) is 6.23. The average Bonchev–Trinajstić information content (AvgIpc) is 2.70. The molecule has 1 amide bonds. The van der Waals surface area contributed by atoms with Gasteiger partial charge in [0.2, 0.25) is 6.41 Å². The zero-order chi connectivity index (χ0) is 19.3.